The molecule has 0 saturated heterocycles. The Morgan fingerprint density at radius 3 is 2.26 bits per heavy atom. The normalized spacial score (nSPS) is 15.9. The zero-order chi connectivity index (χ0) is 14.4. The Morgan fingerprint density at radius 1 is 1.21 bits per heavy atom. The van der Waals surface area contributed by atoms with Crippen molar-refractivity contribution in [2.24, 2.45) is 11.8 Å². The maximum absolute atomic E-state index is 11.7. The van der Waals surface area contributed by atoms with E-state index in [0.29, 0.717) is 6.42 Å². The number of hydrogen-bond acceptors (Lipinski definition) is 3. The van der Waals surface area contributed by atoms with Gasteiger partial charge in [-0.25, -0.2) is 0 Å². The number of carbonyl (C=O) groups excluding carboxylic acids is 1. The number of hydrogen-bond donors (Lipinski definition) is 1. The highest BCUT2D eigenvalue weighted by atomic mass is 16.5. The first kappa shape index (κ1) is 15.7. The first-order valence-corrected chi connectivity index (χ1v) is 6.78. The first-order valence-electron chi connectivity index (χ1n) is 6.78. The average Bonchev–Trinajstić information content (AvgIpc) is 2.39. The largest absolute Gasteiger partial charge is 0.469 e. The summed E-state index contributed by atoms with van der Waals surface area (Å²) in [6, 6.07) is 10.0. The minimum atomic E-state index is -0.678. The molecule has 0 spiro atoms. The topological polar surface area (TPSA) is 46.5 Å². The van der Waals surface area contributed by atoms with Crippen molar-refractivity contribution in [1.82, 2.24) is 0 Å². The van der Waals surface area contributed by atoms with E-state index in [2.05, 4.69) is 6.92 Å². The second-order valence-corrected chi connectivity index (χ2v) is 5.41. The number of methoxy groups -OCH3 is 1. The number of esters is 1. The third kappa shape index (κ3) is 4.35. The number of rotatable bonds is 6. The second-order valence-electron chi connectivity index (χ2n) is 5.41. The number of ether oxygens (including phenoxy) is 1. The van der Waals surface area contributed by atoms with Crippen LogP contribution in [-0.2, 0) is 9.53 Å². The van der Waals surface area contributed by atoms with Crippen molar-refractivity contribution in [2.45, 2.75) is 39.2 Å². The first-order chi connectivity index (χ1) is 8.97. The SMILES string of the molecule is COC(=O)C(C(C)C)C(O)CC(C)c1ccccc1. The molecular weight excluding hydrogens is 240 g/mol. The molecule has 1 rings (SSSR count). The fourth-order valence-electron chi connectivity index (χ4n) is 2.44. The second kappa shape index (κ2) is 7.29. The Hall–Kier alpha value is -1.35. The van der Waals surface area contributed by atoms with Crippen LogP contribution in [-0.4, -0.2) is 24.3 Å². The number of benzene rings is 1. The summed E-state index contributed by atoms with van der Waals surface area (Å²) >= 11 is 0. The van der Waals surface area contributed by atoms with Crippen LogP contribution in [0.15, 0.2) is 30.3 Å². The molecule has 0 bridgehead atoms. The lowest BCUT2D eigenvalue weighted by Gasteiger charge is -2.26. The van der Waals surface area contributed by atoms with E-state index in [1.165, 1.54) is 12.7 Å². The van der Waals surface area contributed by atoms with Gasteiger partial charge in [-0.3, -0.25) is 4.79 Å². The van der Waals surface area contributed by atoms with Gasteiger partial charge in [-0.2, -0.15) is 0 Å². The quantitative estimate of drug-likeness (QED) is 0.803. The molecule has 0 amide bonds. The van der Waals surface area contributed by atoms with Gasteiger partial charge in [0.1, 0.15) is 0 Å². The molecule has 1 aromatic carbocycles. The maximum atomic E-state index is 11.7. The van der Waals surface area contributed by atoms with Crippen LogP contribution in [0.3, 0.4) is 0 Å². The summed E-state index contributed by atoms with van der Waals surface area (Å²) in [7, 11) is 1.37. The van der Waals surface area contributed by atoms with Crippen LogP contribution < -0.4 is 0 Å². The summed E-state index contributed by atoms with van der Waals surface area (Å²) in [6.07, 6.45) is -0.121. The van der Waals surface area contributed by atoms with Crippen LogP contribution in [0.1, 0.15) is 38.7 Å². The van der Waals surface area contributed by atoms with Gasteiger partial charge in [-0.15, -0.1) is 0 Å². The zero-order valence-corrected chi connectivity index (χ0v) is 12.2. The Bertz CT molecular complexity index is 386. The van der Waals surface area contributed by atoms with Crippen LogP contribution in [0.25, 0.3) is 0 Å². The lowest BCUT2D eigenvalue weighted by Crippen LogP contribution is -2.34. The van der Waals surface area contributed by atoms with Gasteiger partial charge in [-0.05, 0) is 23.8 Å². The standard InChI is InChI=1S/C16H24O3/c1-11(2)15(16(18)19-4)14(17)10-12(3)13-8-6-5-7-9-13/h5-9,11-12,14-15,17H,10H2,1-4H3. The smallest absolute Gasteiger partial charge is 0.311 e. The molecule has 3 unspecified atom stereocenters. The van der Waals surface area contributed by atoms with Crippen molar-refractivity contribution in [3.05, 3.63) is 35.9 Å². The average molecular weight is 264 g/mol. The van der Waals surface area contributed by atoms with Gasteiger partial charge in [0, 0.05) is 0 Å². The summed E-state index contributed by atoms with van der Waals surface area (Å²) in [5.41, 5.74) is 1.17. The summed E-state index contributed by atoms with van der Waals surface area (Å²) in [5, 5.41) is 10.3. The third-order valence-electron chi connectivity index (χ3n) is 3.57. The molecule has 3 heteroatoms. The van der Waals surface area contributed by atoms with Gasteiger partial charge < -0.3 is 9.84 Å². The van der Waals surface area contributed by atoms with Crippen LogP contribution in [0.2, 0.25) is 0 Å². The molecule has 0 aliphatic rings. The van der Waals surface area contributed by atoms with E-state index in [9.17, 15) is 9.90 Å². The molecule has 0 radical (unpaired) electrons. The Balaban J connectivity index is 2.71. The van der Waals surface area contributed by atoms with Gasteiger partial charge in [0.2, 0.25) is 0 Å². The molecule has 0 aromatic heterocycles. The highest BCUT2D eigenvalue weighted by Gasteiger charge is 2.31. The van der Waals surface area contributed by atoms with Gasteiger partial charge in [-0.1, -0.05) is 51.1 Å². The van der Waals surface area contributed by atoms with Crippen LogP contribution >= 0.6 is 0 Å². The molecule has 0 fully saturated rings. The highest BCUT2D eigenvalue weighted by Crippen LogP contribution is 2.27. The van der Waals surface area contributed by atoms with E-state index in [4.69, 9.17) is 4.74 Å². The molecule has 1 aromatic rings. The van der Waals surface area contributed by atoms with Crippen molar-refractivity contribution in [2.75, 3.05) is 7.11 Å². The van der Waals surface area contributed by atoms with E-state index in [0.717, 1.165) is 0 Å². The highest BCUT2D eigenvalue weighted by molar-refractivity contribution is 5.73. The lowest BCUT2D eigenvalue weighted by atomic mass is 9.84. The van der Waals surface area contributed by atoms with E-state index < -0.39 is 12.0 Å². The molecule has 3 nitrogen and oxygen atoms in total. The van der Waals surface area contributed by atoms with E-state index in [1.807, 2.05) is 44.2 Å². The molecule has 106 valence electrons. The van der Waals surface area contributed by atoms with Crippen molar-refractivity contribution in [3.8, 4) is 0 Å². The predicted octanol–water partition coefficient (Wildman–Crippen LogP) is 2.99. The van der Waals surface area contributed by atoms with Crippen LogP contribution in [0.5, 0.6) is 0 Å². The molecule has 0 heterocycles. The fraction of sp³-hybridized carbons (Fsp3) is 0.562. The molecule has 0 aliphatic carbocycles. The third-order valence-corrected chi connectivity index (χ3v) is 3.57. The summed E-state index contributed by atoms with van der Waals surface area (Å²) in [5.74, 6) is -0.522. The van der Waals surface area contributed by atoms with E-state index >= 15 is 0 Å². The van der Waals surface area contributed by atoms with Crippen molar-refractivity contribution in [1.29, 1.82) is 0 Å². The van der Waals surface area contributed by atoms with Crippen LogP contribution in [0.4, 0.5) is 0 Å². The van der Waals surface area contributed by atoms with E-state index in [-0.39, 0.29) is 17.8 Å². The number of carbonyl (C=O) groups is 1. The summed E-state index contributed by atoms with van der Waals surface area (Å²) < 4.78 is 4.78. The molecule has 3 atom stereocenters. The fourth-order valence-corrected chi connectivity index (χ4v) is 2.44. The Labute approximate surface area is 115 Å². The van der Waals surface area contributed by atoms with Crippen molar-refractivity contribution >= 4 is 5.97 Å². The van der Waals surface area contributed by atoms with Crippen LogP contribution in [0, 0.1) is 11.8 Å². The molecule has 19 heavy (non-hydrogen) atoms. The minimum Gasteiger partial charge on any atom is -0.469 e. The van der Waals surface area contributed by atoms with Gasteiger partial charge in [0.25, 0.3) is 0 Å². The van der Waals surface area contributed by atoms with Gasteiger partial charge in [0.05, 0.1) is 19.1 Å². The van der Waals surface area contributed by atoms with Gasteiger partial charge in [0.15, 0.2) is 0 Å². The van der Waals surface area contributed by atoms with Crippen molar-refractivity contribution in [3.63, 3.8) is 0 Å². The zero-order valence-electron chi connectivity index (χ0n) is 12.2. The maximum Gasteiger partial charge on any atom is 0.311 e. The monoisotopic (exact) mass is 264 g/mol. The number of aliphatic hydroxyl groups excluding tert-OH is 1. The molecule has 0 aliphatic heterocycles. The van der Waals surface area contributed by atoms with Gasteiger partial charge >= 0.3 is 5.97 Å². The molecular formula is C16H24O3. The minimum absolute atomic E-state index is 0.0606. The molecule has 1 N–H and O–H groups in total. The van der Waals surface area contributed by atoms with E-state index in [1.54, 1.807) is 0 Å². The lowest BCUT2D eigenvalue weighted by molar-refractivity contribution is -0.152. The number of aliphatic hydroxyl groups is 1. The molecule has 0 saturated carbocycles. The Kier molecular flexibility index (Phi) is 6.03. The Morgan fingerprint density at radius 2 is 1.79 bits per heavy atom. The summed E-state index contributed by atoms with van der Waals surface area (Å²) in [4.78, 5) is 11.7. The van der Waals surface area contributed by atoms with Crippen molar-refractivity contribution < 1.29 is 14.6 Å². The summed E-state index contributed by atoms with van der Waals surface area (Å²) in [6.45, 7) is 5.92. The predicted molar refractivity (Wildman–Crippen MR) is 75.8 cm³/mol.